The standard InChI is InChI=1S/C28H30N4O3/c1-20-15-23(21(2)32(20)26-7-9-27(34-3)10-8-26)17-24(18-29)28(33)30-25-6-4-5-22(16-25)19-31-11-13-35-14-12-31/h4-10,15-17H,11-14,19H2,1-3H3,(H,30,33)/b24-17+. The third-order valence-corrected chi connectivity index (χ3v) is 6.16. The summed E-state index contributed by atoms with van der Waals surface area (Å²) in [6.45, 7) is 8.05. The number of benzene rings is 2. The molecule has 0 bridgehead atoms. The minimum absolute atomic E-state index is 0.0542. The van der Waals surface area contributed by atoms with Crippen LogP contribution in [-0.4, -0.2) is 48.8 Å². The lowest BCUT2D eigenvalue weighted by Crippen LogP contribution is -2.35. The van der Waals surface area contributed by atoms with Crippen LogP contribution in [0.5, 0.6) is 5.75 Å². The lowest BCUT2D eigenvalue weighted by molar-refractivity contribution is -0.112. The van der Waals surface area contributed by atoms with Crippen molar-refractivity contribution in [1.82, 2.24) is 9.47 Å². The summed E-state index contributed by atoms with van der Waals surface area (Å²) >= 11 is 0. The smallest absolute Gasteiger partial charge is 0.266 e. The number of hydrogen-bond donors (Lipinski definition) is 1. The van der Waals surface area contributed by atoms with Gasteiger partial charge in [-0.05, 0) is 73.5 Å². The highest BCUT2D eigenvalue weighted by molar-refractivity contribution is 6.09. The van der Waals surface area contributed by atoms with Crippen molar-refractivity contribution in [1.29, 1.82) is 5.26 Å². The number of anilines is 1. The van der Waals surface area contributed by atoms with Gasteiger partial charge in [0.05, 0.1) is 20.3 Å². The van der Waals surface area contributed by atoms with E-state index in [9.17, 15) is 10.1 Å². The maximum Gasteiger partial charge on any atom is 0.266 e. The van der Waals surface area contributed by atoms with E-state index in [-0.39, 0.29) is 5.57 Å². The van der Waals surface area contributed by atoms with Crippen molar-refractivity contribution in [3.8, 4) is 17.5 Å². The fourth-order valence-electron chi connectivity index (χ4n) is 4.33. The van der Waals surface area contributed by atoms with Crippen molar-refractivity contribution in [2.24, 2.45) is 0 Å². The Morgan fingerprint density at radius 1 is 1.14 bits per heavy atom. The minimum atomic E-state index is -0.426. The molecule has 180 valence electrons. The lowest BCUT2D eigenvalue weighted by Gasteiger charge is -2.26. The van der Waals surface area contributed by atoms with Crippen molar-refractivity contribution in [3.05, 3.63) is 82.7 Å². The second kappa shape index (κ2) is 11.0. The number of hydrogen-bond acceptors (Lipinski definition) is 5. The van der Waals surface area contributed by atoms with Crippen LogP contribution >= 0.6 is 0 Å². The molecule has 0 saturated carbocycles. The first kappa shape index (κ1) is 24.3. The summed E-state index contributed by atoms with van der Waals surface area (Å²) in [5, 5.41) is 12.6. The van der Waals surface area contributed by atoms with E-state index >= 15 is 0 Å². The number of aryl methyl sites for hydroxylation is 1. The first-order chi connectivity index (χ1) is 17.0. The number of amides is 1. The highest BCUT2D eigenvalue weighted by Crippen LogP contribution is 2.25. The number of carbonyl (C=O) groups excluding carboxylic acids is 1. The molecular weight excluding hydrogens is 440 g/mol. The molecule has 3 aromatic rings. The fraction of sp³-hybridized carbons (Fsp3) is 0.286. The van der Waals surface area contributed by atoms with E-state index in [1.165, 1.54) is 0 Å². The van der Waals surface area contributed by atoms with Crippen LogP contribution in [0.2, 0.25) is 0 Å². The second-order valence-corrected chi connectivity index (χ2v) is 8.57. The SMILES string of the molecule is COc1ccc(-n2c(C)cc(/C=C(\C#N)C(=O)Nc3cccc(CN4CCOCC4)c3)c2C)cc1. The van der Waals surface area contributed by atoms with Crippen molar-refractivity contribution in [3.63, 3.8) is 0 Å². The molecule has 4 rings (SSSR count). The normalized spacial score (nSPS) is 14.4. The Morgan fingerprint density at radius 2 is 1.89 bits per heavy atom. The van der Waals surface area contributed by atoms with E-state index in [2.05, 4.69) is 20.9 Å². The molecule has 1 N–H and O–H groups in total. The molecule has 2 heterocycles. The van der Waals surface area contributed by atoms with Gasteiger partial charge in [0.15, 0.2) is 0 Å². The van der Waals surface area contributed by atoms with Gasteiger partial charge in [-0.15, -0.1) is 0 Å². The molecule has 35 heavy (non-hydrogen) atoms. The van der Waals surface area contributed by atoms with E-state index in [1.807, 2.05) is 68.4 Å². The molecule has 2 aromatic carbocycles. The topological polar surface area (TPSA) is 79.5 Å². The zero-order chi connectivity index (χ0) is 24.8. The molecule has 7 heteroatoms. The molecule has 1 aliphatic rings. The fourth-order valence-corrected chi connectivity index (χ4v) is 4.33. The summed E-state index contributed by atoms with van der Waals surface area (Å²) < 4.78 is 12.8. The maximum atomic E-state index is 12.9. The van der Waals surface area contributed by atoms with Crippen molar-refractivity contribution < 1.29 is 14.3 Å². The monoisotopic (exact) mass is 470 g/mol. The van der Waals surface area contributed by atoms with Crippen molar-refractivity contribution in [2.75, 3.05) is 38.7 Å². The molecule has 1 amide bonds. The lowest BCUT2D eigenvalue weighted by atomic mass is 10.1. The van der Waals surface area contributed by atoms with Gasteiger partial charge >= 0.3 is 0 Å². The number of aromatic nitrogens is 1. The summed E-state index contributed by atoms with van der Waals surface area (Å²) in [4.78, 5) is 15.3. The highest BCUT2D eigenvalue weighted by Gasteiger charge is 2.15. The summed E-state index contributed by atoms with van der Waals surface area (Å²) in [5.41, 5.74) is 5.60. The number of nitriles is 1. The maximum absolute atomic E-state index is 12.9. The predicted octanol–water partition coefficient (Wildman–Crippen LogP) is 4.48. The van der Waals surface area contributed by atoms with Gasteiger partial charge in [0.25, 0.3) is 5.91 Å². The zero-order valence-corrected chi connectivity index (χ0v) is 20.4. The summed E-state index contributed by atoms with van der Waals surface area (Å²) in [6, 6.07) is 19.6. The molecule has 0 radical (unpaired) electrons. The summed E-state index contributed by atoms with van der Waals surface area (Å²) in [5.74, 6) is 0.360. The van der Waals surface area contributed by atoms with Gasteiger partial charge in [-0.2, -0.15) is 5.26 Å². The van der Waals surface area contributed by atoms with Gasteiger partial charge in [-0.3, -0.25) is 9.69 Å². The Hall–Kier alpha value is -3.86. The van der Waals surface area contributed by atoms with E-state index in [0.717, 1.165) is 66.8 Å². The molecular formula is C28H30N4O3. The Morgan fingerprint density at radius 3 is 2.57 bits per heavy atom. The molecule has 1 aliphatic heterocycles. The number of nitrogens with one attached hydrogen (secondary N) is 1. The molecule has 0 aliphatic carbocycles. The molecule has 1 saturated heterocycles. The molecule has 1 fully saturated rings. The third kappa shape index (κ3) is 5.80. The quantitative estimate of drug-likeness (QED) is 0.407. The van der Waals surface area contributed by atoms with Crippen molar-refractivity contribution >= 4 is 17.7 Å². The second-order valence-electron chi connectivity index (χ2n) is 8.57. The van der Waals surface area contributed by atoms with Gasteiger partial charge in [-0.25, -0.2) is 0 Å². The van der Waals surface area contributed by atoms with Crippen LogP contribution in [0.3, 0.4) is 0 Å². The molecule has 0 unspecified atom stereocenters. The minimum Gasteiger partial charge on any atom is -0.497 e. The number of ether oxygens (including phenoxy) is 2. The molecule has 0 spiro atoms. The van der Waals surface area contributed by atoms with Gasteiger partial charge < -0.3 is 19.4 Å². The first-order valence-corrected chi connectivity index (χ1v) is 11.6. The van der Waals surface area contributed by atoms with E-state index in [0.29, 0.717) is 5.69 Å². The van der Waals surface area contributed by atoms with Crippen LogP contribution in [0.1, 0.15) is 22.5 Å². The zero-order valence-electron chi connectivity index (χ0n) is 20.4. The van der Waals surface area contributed by atoms with Crippen LogP contribution in [0.4, 0.5) is 5.69 Å². The Balaban J connectivity index is 1.51. The van der Waals surface area contributed by atoms with Crippen LogP contribution < -0.4 is 10.1 Å². The number of morpholine rings is 1. The van der Waals surface area contributed by atoms with Gasteiger partial charge in [0.2, 0.25) is 0 Å². The number of rotatable bonds is 7. The van der Waals surface area contributed by atoms with E-state index < -0.39 is 5.91 Å². The van der Waals surface area contributed by atoms with Crippen LogP contribution in [-0.2, 0) is 16.1 Å². The Kier molecular flexibility index (Phi) is 7.66. The summed E-state index contributed by atoms with van der Waals surface area (Å²) in [7, 11) is 1.64. The van der Waals surface area contributed by atoms with Gasteiger partial charge in [0.1, 0.15) is 17.4 Å². The van der Waals surface area contributed by atoms with Crippen LogP contribution in [0.15, 0.2) is 60.2 Å². The van der Waals surface area contributed by atoms with Gasteiger partial charge in [-0.1, -0.05) is 12.1 Å². The average Bonchev–Trinajstić information content (AvgIpc) is 3.15. The Bertz CT molecular complexity index is 1260. The number of carbonyl (C=O) groups is 1. The summed E-state index contributed by atoms with van der Waals surface area (Å²) in [6.07, 6.45) is 1.65. The van der Waals surface area contributed by atoms with E-state index in [1.54, 1.807) is 13.2 Å². The third-order valence-electron chi connectivity index (χ3n) is 6.16. The van der Waals surface area contributed by atoms with E-state index in [4.69, 9.17) is 9.47 Å². The highest BCUT2D eigenvalue weighted by atomic mass is 16.5. The Labute approximate surface area is 206 Å². The number of nitrogens with zero attached hydrogens (tertiary/aromatic N) is 3. The van der Waals surface area contributed by atoms with Gasteiger partial charge in [0, 0.05) is 42.4 Å². The molecule has 1 aromatic heterocycles. The van der Waals surface area contributed by atoms with Crippen LogP contribution in [0.25, 0.3) is 11.8 Å². The number of methoxy groups -OCH3 is 1. The largest absolute Gasteiger partial charge is 0.497 e. The average molecular weight is 471 g/mol. The molecule has 0 atom stereocenters. The predicted molar refractivity (Wildman–Crippen MR) is 137 cm³/mol. The first-order valence-electron chi connectivity index (χ1n) is 11.6. The van der Waals surface area contributed by atoms with Crippen molar-refractivity contribution in [2.45, 2.75) is 20.4 Å². The van der Waals surface area contributed by atoms with Crippen LogP contribution in [0, 0.1) is 25.2 Å². The molecule has 7 nitrogen and oxygen atoms in total.